The van der Waals surface area contributed by atoms with Gasteiger partial charge in [0.15, 0.2) is 5.84 Å². The maximum atomic E-state index is 9.89. The van der Waals surface area contributed by atoms with Gasteiger partial charge in [0.2, 0.25) is 0 Å². The molecule has 1 fully saturated rings. The Hall–Kier alpha value is -0.810. The van der Waals surface area contributed by atoms with E-state index < -0.39 is 0 Å². The molecule has 5 heteroatoms. The SMILES string of the molecule is CC(C)CC1CN(CC(N)=NO)CCC1O. The van der Waals surface area contributed by atoms with Crippen molar-refractivity contribution in [2.45, 2.75) is 32.8 Å². The third kappa shape index (κ3) is 3.98. The molecule has 4 N–H and O–H groups in total. The lowest BCUT2D eigenvalue weighted by molar-refractivity contribution is 0.0228. The van der Waals surface area contributed by atoms with Crippen LogP contribution >= 0.6 is 0 Å². The van der Waals surface area contributed by atoms with Gasteiger partial charge < -0.3 is 16.0 Å². The lowest BCUT2D eigenvalue weighted by Crippen LogP contribution is -2.46. The molecule has 2 atom stereocenters. The molecule has 5 nitrogen and oxygen atoms in total. The van der Waals surface area contributed by atoms with Crippen molar-refractivity contribution in [3.05, 3.63) is 0 Å². The summed E-state index contributed by atoms with van der Waals surface area (Å²) in [6, 6.07) is 0. The number of aliphatic hydroxyl groups is 1. The maximum absolute atomic E-state index is 9.89. The Labute approximate surface area is 96.9 Å². The highest BCUT2D eigenvalue weighted by atomic mass is 16.4. The number of piperidine rings is 1. The number of hydrogen-bond donors (Lipinski definition) is 3. The Morgan fingerprint density at radius 3 is 2.81 bits per heavy atom. The molecule has 1 saturated heterocycles. The summed E-state index contributed by atoms with van der Waals surface area (Å²) >= 11 is 0. The molecular formula is C11H23N3O2. The zero-order chi connectivity index (χ0) is 12.1. The monoisotopic (exact) mass is 229 g/mol. The Balaban J connectivity index is 2.46. The normalized spacial score (nSPS) is 28.6. The molecule has 0 aromatic heterocycles. The molecule has 0 saturated carbocycles. The molecule has 0 aromatic carbocycles. The first-order valence-electron chi connectivity index (χ1n) is 5.89. The lowest BCUT2D eigenvalue weighted by atomic mass is 9.87. The second kappa shape index (κ2) is 6.06. The zero-order valence-corrected chi connectivity index (χ0v) is 10.1. The summed E-state index contributed by atoms with van der Waals surface area (Å²) in [6.45, 7) is 6.45. The molecule has 0 radical (unpaired) electrons. The number of nitrogens with zero attached hydrogens (tertiary/aromatic N) is 2. The summed E-state index contributed by atoms with van der Waals surface area (Å²) in [5, 5.41) is 21.4. The quantitative estimate of drug-likeness (QED) is 0.283. The number of amidine groups is 1. The number of hydrogen-bond acceptors (Lipinski definition) is 4. The van der Waals surface area contributed by atoms with Gasteiger partial charge in [0.25, 0.3) is 0 Å². The maximum Gasteiger partial charge on any atom is 0.153 e. The number of oxime groups is 1. The average molecular weight is 229 g/mol. The van der Waals surface area contributed by atoms with E-state index in [9.17, 15) is 5.11 Å². The molecule has 0 aliphatic carbocycles. The molecule has 1 rings (SSSR count). The van der Waals surface area contributed by atoms with Crippen molar-refractivity contribution in [3.8, 4) is 0 Å². The smallest absolute Gasteiger partial charge is 0.153 e. The zero-order valence-electron chi connectivity index (χ0n) is 10.1. The van der Waals surface area contributed by atoms with Gasteiger partial charge in [-0.1, -0.05) is 19.0 Å². The average Bonchev–Trinajstić information content (AvgIpc) is 2.22. The van der Waals surface area contributed by atoms with Crippen LogP contribution in [0.3, 0.4) is 0 Å². The third-order valence-electron chi connectivity index (χ3n) is 3.07. The number of likely N-dealkylation sites (tertiary alicyclic amines) is 1. The first-order valence-corrected chi connectivity index (χ1v) is 5.89. The summed E-state index contributed by atoms with van der Waals surface area (Å²) in [6.07, 6.45) is 1.59. The number of nitrogens with two attached hydrogens (primary N) is 1. The van der Waals surface area contributed by atoms with E-state index in [4.69, 9.17) is 10.9 Å². The largest absolute Gasteiger partial charge is 0.409 e. The van der Waals surface area contributed by atoms with Crippen LogP contribution in [0.25, 0.3) is 0 Å². The molecule has 0 amide bonds. The van der Waals surface area contributed by atoms with Crippen molar-refractivity contribution in [2.24, 2.45) is 22.7 Å². The van der Waals surface area contributed by atoms with E-state index in [2.05, 4.69) is 23.9 Å². The van der Waals surface area contributed by atoms with Gasteiger partial charge in [0, 0.05) is 13.1 Å². The van der Waals surface area contributed by atoms with Crippen molar-refractivity contribution in [3.63, 3.8) is 0 Å². The molecule has 1 aliphatic heterocycles. The fourth-order valence-corrected chi connectivity index (χ4v) is 2.34. The predicted molar refractivity (Wildman–Crippen MR) is 63.4 cm³/mol. The number of aliphatic hydroxyl groups excluding tert-OH is 1. The molecule has 0 aromatic rings. The van der Waals surface area contributed by atoms with Crippen LogP contribution in [0.5, 0.6) is 0 Å². The third-order valence-corrected chi connectivity index (χ3v) is 3.07. The highest BCUT2D eigenvalue weighted by Crippen LogP contribution is 2.23. The molecule has 1 heterocycles. The Kier molecular flexibility index (Phi) is 5.02. The van der Waals surface area contributed by atoms with Gasteiger partial charge in [-0.25, -0.2) is 0 Å². The van der Waals surface area contributed by atoms with Gasteiger partial charge >= 0.3 is 0 Å². The van der Waals surface area contributed by atoms with Gasteiger partial charge in [-0.05, 0) is 24.7 Å². The van der Waals surface area contributed by atoms with Gasteiger partial charge in [-0.2, -0.15) is 0 Å². The van der Waals surface area contributed by atoms with E-state index in [-0.39, 0.29) is 11.9 Å². The fraction of sp³-hybridized carbons (Fsp3) is 0.909. The first kappa shape index (κ1) is 13.3. The van der Waals surface area contributed by atoms with Crippen LogP contribution < -0.4 is 5.73 Å². The van der Waals surface area contributed by atoms with E-state index >= 15 is 0 Å². The van der Waals surface area contributed by atoms with Crippen molar-refractivity contribution in [1.82, 2.24) is 4.90 Å². The molecule has 0 spiro atoms. The van der Waals surface area contributed by atoms with Crippen molar-refractivity contribution in [2.75, 3.05) is 19.6 Å². The van der Waals surface area contributed by atoms with Crippen LogP contribution in [-0.4, -0.2) is 46.8 Å². The van der Waals surface area contributed by atoms with Crippen LogP contribution in [0.1, 0.15) is 26.7 Å². The van der Waals surface area contributed by atoms with Crippen LogP contribution in [0.2, 0.25) is 0 Å². The summed E-state index contributed by atoms with van der Waals surface area (Å²) in [5.74, 6) is 1.13. The van der Waals surface area contributed by atoms with E-state index in [1.165, 1.54) is 0 Å². The standard InChI is InChI=1S/C11H23N3O2/c1-8(2)5-9-6-14(4-3-10(9)15)7-11(12)13-16/h8-10,15-16H,3-7H2,1-2H3,(H2,12,13). The minimum Gasteiger partial charge on any atom is -0.409 e. The first-order chi connectivity index (χ1) is 7.52. The van der Waals surface area contributed by atoms with Crippen LogP contribution in [0.4, 0.5) is 0 Å². The molecule has 16 heavy (non-hydrogen) atoms. The Morgan fingerprint density at radius 1 is 1.56 bits per heavy atom. The van der Waals surface area contributed by atoms with E-state index in [1.54, 1.807) is 0 Å². The molecule has 2 unspecified atom stereocenters. The van der Waals surface area contributed by atoms with Crippen molar-refractivity contribution < 1.29 is 10.3 Å². The van der Waals surface area contributed by atoms with Crippen LogP contribution in [-0.2, 0) is 0 Å². The summed E-state index contributed by atoms with van der Waals surface area (Å²) < 4.78 is 0. The van der Waals surface area contributed by atoms with Crippen molar-refractivity contribution >= 4 is 5.84 Å². The van der Waals surface area contributed by atoms with Crippen LogP contribution in [0.15, 0.2) is 5.16 Å². The minimum absolute atomic E-state index is 0.203. The van der Waals surface area contributed by atoms with E-state index in [0.29, 0.717) is 18.4 Å². The van der Waals surface area contributed by atoms with Gasteiger partial charge in [0.1, 0.15) is 0 Å². The van der Waals surface area contributed by atoms with Gasteiger partial charge in [-0.3, -0.25) is 4.90 Å². The highest BCUT2D eigenvalue weighted by molar-refractivity contribution is 5.81. The minimum atomic E-state index is -0.203. The summed E-state index contributed by atoms with van der Waals surface area (Å²) in [4.78, 5) is 2.13. The molecule has 94 valence electrons. The van der Waals surface area contributed by atoms with Crippen LogP contribution in [0, 0.1) is 11.8 Å². The second-order valence-electron chi connectivity index (χ2n) is 5.07. The predicted octanol–water partition coefficient (Wildman–Crippen LogP) is 0.462. The second-order valence-corrected chi connectivity index (χ2v) is 5.07. The fourth-order valence-electron chi connectivity index (χ4n) is 2.34. The lowest BCUT2D eigenvalue weighted by Gasteiger charge is -2.36. The summed E-state index contributed by atoms with van der Waals surface area (Å²) in [7, 11) is 0. The Bertz CT molecular complexity index is 243. The molecular weight excluding hydrogens is 206 g/mol. The molecule has 1 aliphatic rings. The molecule has 0 bridgehead atoms. The summed E-state index contributed by atoms with van der Waals surface area (Å²) in [5.41, 5.74) is 5.48. The van der Waals surface area contributed by atoms with Crippen molar-refractivity contribution in [1.29, 1.82) is 0 Å². The van der Waals surface area contributed by atoms with Gasteiger partial charge in [0.05, 0.1) is 12.6 Å². The van der Waals surface area contributed by atoms with E-state index in [0.717, 1.165) is 25.9 Å². The Morgan fingerprint density at radius 2 is 2.25 bits per heavy atom. The topological polar surface area (TPSA) is 82.1 Å². The van der Waals surface area contributed by atoms with E-state index in [1.807, 2.05) is 0 Å². The number of rotatable bonds is 4. The van der Waals surface area contributed by atoms with Gasteiger partial charge in [-0.15, -0.1) is 0 Å². The highest BCUT2D eigenvalue weighted by Gasteiger charge is 2.28.